The maximum Gasteiger partial charge on any atom is 0.433 e. The van der Waals surface area contributed by atoms with E-state index in [1.807, 2.05) is 24.3 Å². The molecule has 7 heteroatoms. The highest BCUT2D eigenvalue weighted by Gasteiger charge is 2.10. The summed E-state index contributed by atoms with van der Waals surface area (Å²) >= 11 is 1.27. The van der Waals surface area contributed by atoms with Gasteiger partial charge in [0.2, 0.25) is 0 Å². The molecule has 0 unspecified atom stereocenters. The van der Waals surface area contributed by atoms with Crippen molar-refractivity contribution in [2.45, 2.75) is 0 Å². The van der Waals surface area contributed by atoms with E-state index < -0.39 is 4.92 Å². The van der Waals surface area contributed by atoms with E-state index in [1.165, 1.54) is 29.9 Å². The van der Waals surface area contributed by atoms with Crippen molar-refractivity contribution in [2.24, 2.45) is 4.99 Å². The number of aromatic nitrogens is 1. The van der Waals surface area contributed by atoms with Gasteiger partial charge in [-0.2, -0.15) is 4.37 Å². The first-order valence-corrected chi connectivity index (χ1v) is 6.14. The number of rotatable bonds is 3. The van der Waals surface area contributed by atoms with Crippen LogP contribution in [0.5, 0.6) is 0 Å². The summed E-state index contributed by atoms with van der Waals surface area (Å²) in [7, 11) is 0. The number of nitrogens with zero attached hydrogens (tertiary/aromatic N) is 3. The first-order valence-electron chi connectivity index (χ1n) is 5.37. The van der Waals surface area contributed by atoms with E-state index in [2.05, 4.69) is 9.37 Å². The summed E-state index contributed by atoms with van der Waals surface area (Å²) in [6, 6.07) is 10.5. The monoisotopic (exact) mass is 273 g/mol. The van der Waals surface area contributed by atoms with Crippen molar-refractivity contribution in [3.8, 4) is 0 Å². The zero-order valence-corrected chi connectivity index (χ0v) is 10.3. The summed E-state index contributed by atoms with van der Waals surface area (Å²) in [4.78, 5) is 14.1. The van der Waals surface area contributed by atoms with Crippen LogP contribution >= 0.6 is 11.5 Å². The van der Waals surface area contributed by atoms with Crippen molar-refractivity contribution in [1.29, 1.82) is 0 Å². The van der Waals surface area contributed by atoms with Crippen molar-refractivity contribution in [3.05, 3.63) is 52.3 Å². The molecule has 0 fully saturated rings. The lowest BCUT2D eigenvalue weighted by Gasteiger charge is -1.88. The topological polar surface area (TPSA) is 81.5 Å². The Kier molecular flexibility index (Phi) is 2.81. The number of aliphatic imine (C=N–C) groups is 1. The Morgan fingerprint density at radius 2 is 2.16 bits per heavy atom. The van der Waals surface area contributed by atoms with Gasteiger partial charge in [-0.15, -0.1) is 0 Å². The van der Waals surface area contributed by atoms with Crippen molar-refractivity contribution in [2.75, 3.05) is 0 Å². The third-order valence-electron chi connectivity index (χ3n) is 2.47. The molecule has 0 radical (unpaired) electrons. The normalized spacial score (nSPS) is 11.4. The molecule has 0 bridgehead atoms. The molecule has 6 nitrogen and oxygen atoms in total. The van der Waals surface area contributed by atoms with Gasteiger partial charge in [0, 0.05) is 5.39 Å². The van der Waals surface area contributed by atoms with Gasteiger partial charge in [-0.3, -0.25) is 10.1 Å². The lowest BCUT2D eigenvalue weighted by atomic mass is 10.2. The van der Waals surface area contributed by atoms with Crippen molar-refractivity contribution in [1.82, 2.24) is 4.37 Å². The van der Waals surface area contributed by atoms with Crippen LogP contribution < -0.4 is 0 Å². The smallest absolute Gasteiger partial charge is 0.400 e. The molecule has 3 aromatic rings. The summed E-state index contributed by atoms with van der Waals surface area (Å²) in [5.74, 6) is 0.0415. The van der Waals surface area contributed by atoms with Crippen LogP contribution in [0.25, 0.3) is 10.9 Å². The van der Waals surface area contributed by atoms with Crippen molar-refractivity contribution < 1.29 is 9.34 Å². The molecule has 0 spiro atoms. The van der Waals surface area contributed by atoms with Crippen LogP contribution in [0.1, 0.15) is 5.76 Å². The molecule has 2 aromatic heterocycles. The summed E-state index contributed by atoms with van der Waals surface area (Å²) in [6.45, 7) is 0. The van der Waals surface area contributed by atoms with Crippen LogP contribution in [0.3, 0.4) is 0 Å². The number of benzene rings is 1. The summed E-state index contributed by atoms with van der Waals surface area (Å²) in [5.41, 5.74) is 0.880. The maximum absolute atomic E-state index is 10.5. The van der Waals surface area contributed by atoms with Gasteiger partial charge in [0.1, 0.15) is 9.92 Å². The highest BCUT2D eigenvalue weighted by molar-refractivity contribution is 7.11. The Morgan fingerprint density at radius 1 is 1.32 bits per heavy atom. The molecule has 1 aromatic carbocycles. The second-order valence-corrected chi connectivity index (χ2v) is 4.45. The summed E-state index contributed by atoms with van der Waals surface area (Å²) in [6.07, 6.45) is 1.45. The molecule has 2 heterocycles. The van der Waals surface area contributed by atoms with Crippen LogP contribution in [-0.4, -0.2) is 15.5 Å². The van der Waals surface area contributed by atoms with E-state index in [0.717, 1.165) is 15.9 Å². The van der Waals surface area contributed by atoms with E-state index in [-0.39, 0.29) is 5.88 Å². The van der Waals surface area contributed by atoms with Gasteiger partial charge >= 0.3 is 5.88 Å². The zero-order chi connectivity index (χ0) is 13.2. The summed E-state index contributed by atoms with van der Waals surface area (Å²) in [5, 5.41) is 12.2. The molecular weight excluding hydrogens is 266 g/mol. The first-order chi connectivity index (χ1) is 9.24. The fourth-order valence-corrected chi connectivity index (χ4v) is 2.32. The average Bonchev–Trinajstić information content (AvgIpc) is 3.03. The van der Waals surface area contributed by atoms with Gasteiger partial charge in [-0.1, -0.05) is 12.1 Å². The van der Waals surface area contributed by atoms with Gasteiger partial charge in [0.15, 0.2) is 5.76 Å². The molecular formula is C12H7N3O3S. The highest BCUT2D eigenvalue weighted by atomic mass is 32.1. The molecule has 0 N–H and O–H groups in total. The standard InChI is InChI=1S/C12H7N3O3S/c16-15(17)11-6-5-8(18-11)7-13-12-9-3-1-2-4-10(9)14-19-12/h1-7H/b13-7-. The molecule has 94 valence electrons. The van der Waals surface area contributed by atoms with E-state index in [9.17, 15) is 10.1 Å². The lowest BCUT2D eigenvalue weighted by Crippen LogP contribution is -1.83. The van der Waals surface area contributed by atoms with Crippen LogP contribution in [0.2, 0.25) is 0 Å². The minimum absolute atomic E-state index is 0.296. The Labute approximate surface area is 111 Å². The Balaban J connectivity index is 1.91. The molecule has 0 saturated heterocycles. The number of furan rings is 1. The molecule has 0 saturated carbocycles. The van der Waals surface area contributed by atoms with Gasteiger partial charge in [-0.25, -0.2) is 4.99 Å². The molecule has 0 aliphatic carbocycles. The minimum Gasteiger partial charge on any atom is -0.400 e. The number of hydrogen-bond donors (Lipinski definition) is 0. The molecule has 0 aliphatic heterocycles. The third-order valence-corrected chi connectivity index (χ3v) is 3.25. The lowest BCUT2D eigenvalue weighted by molar-refractivity contribution is -0.402. The third kappa shape index (κ3) is 2.23. The fourth-order valence-electron chi connectivity index (χ4n) is 1.60. The van der Waals surface area contributed by atoms with Crippen LogP contribution in [-0.2, 0) is 0 Å². The van der Waals surface area contributed by atoms with Gasteiger partial charge < -0.3 is 4.42 Å². The molecule has 0 atom stereocenters. The largest absolute Gasteiger partial charge is 0.433 e. The van der Waals surface area contributed by atoms with E-state index in [0.29, 0.717) is 5.76 Å². The van der Waals surface area contributed by atoms with Gasteiger partial charge in [0.25, 0.3) is 0 Å². The van der Waals surface area contributed by atoms with E-state index in [1.54, 1.807) is 0 Å². The quantitative estimate of drug-likeness (QED) is 0.415. The SMILES string of the molecule is O=[N+]([O-])c1ccc(/C=N\c2snc3ccccc23)o1. The Morgan fingerprint density at radius 3 is 2.95 bits per heavy atom. The number of hydrogen-bond acceptors (Lipinski definition) is 6. The first kappa shape index (κ1) is 11.5. The minimum atomic E-state index is -0.584. The van der Waals surface area contributed by atoms with Crippen LogP contribution in [0.15, 0.2) is 45.8 Å². The van der Waals surface area contributed by atoms with Gasteiger partial charge in [-0.05, 0) is 29.7 Å². The van der Waals surface area contributed by atoms with Crippen molar-refractivity contribution in [3.63, 3.8) is 0 Å². The van der Waals surface area contributed by atoms with Crippen LogP contribution in [0, 0.1) is 10.1 Å². The van der Waals surface area contributed by atoms with Crippen LogP contribution in [0.4, 0.5) is 10.9 Å². The fraction of sp³-hybridized carbons (Fsp3) is 0. The Bertz CT molecular complexity index is 775. The molecule has 0 amide bonds. The van der Waals surface area contributed by atoms with E-state index >= 15 is 0 Å². The van der Waals surface area contributed by atoms with Gasteiger partial charge in [0.05, 0.1) is 17.8 Å². The second-order valence-electron chi connectivity index (χ2n) is 3.70. The summed E-state index contributed by atoms with van der Waals surface area (Å²) < 4.78 is 9.24. The maximum atomic E-state index is 10.5. The predicted molar refractivity (Wildman–Crippen MR) is 72.2 cm³/mol. The Hall–Kier alpha value is -2.54. The average molecular weight is 273 g/mol. The molecule has 3 rings (SSSR count). The van der Waals surface area contributed by atoms with E-state index in [4.69, 9.17) is 4.42 Å². The highest BCUT2D eigenvalue weighted by Crippen LogP contribution is 2.30. The number of fused-ring (bicyclic) bond motifs is 1. The predicted octanol–water partition coefficient (Wildman–Crippen LogP) is 3.55. The molecule has 19 heavy (non-hydrogen) atoms. The number of nitro groups is 1. The second kappa shape index (κ2) is 4.62. The zero-order valence-electron chi connectivity index (χ0n) is 9.52. The molecule has 0 aliphatic rings. The van der Waals surface area contributed by atoms with Crippen molar-refractivity contribution >= 4 is 39.5 Å².